The van der Waals surface area contributed by atoms with E-state index in [-0.39, 0.29) is 5.91 Å². The molecule has 2 rings (SSSR count). The van der Waals surface area contributed by atoms with Gasteiger partial charge in [0.05, 0.1) is 11.6 Å². The van der Waals surface area contributed by atoms with Gasteiger partial charge in [-0.25, -0.2) is 0 Å². The topological polar surface area (TPSA) is 44.1 Å². The predicted octanol–water partition coefficient (Wildman–Crippen LogP) is 2.56. The molecule has 1 heterocycles. The van der Waals surface area contributed by atoms with Gasteiger partial charge in [-0.1, -0.05) is 15.9 Å². The minimum Gasteiger partial charge on any atom is -0.335 e. The number of nitriles is 1. The van der Waals surface area contributed by atoms with Crippen molar-refractivity contribution in [1.29, 1.82) is 5.26 Å². The van der Waals surface area contributed by atoms with Crippen LogP contribution in [0.3, 0.4) is 0 Å². The summed E-state index contributed by atoms with van der Waals surface area (Å²) in [4.78, 5) is 14.2. The van der Waals surface area contributed by atoms with Gasteiger partial charge in [-0.15, -0.1) is 0 Å². The first-order valence-corrected chi connectivity index (χ1v) is 6.75. The molecule has 1 amide bonds. The second kappa shape index (κ2) is 5.33. The quantitative estimate of drug-likeness (QED) is 0.787. The van der Waals surface area contributed by atoms with Gasteiger partial charge in [-0.2, -0.15) is 5.26 Å². The van der Waals surface area contributed by atoms with Crippen molar-refractivity contribution in [1.82, 2.24) is 4.90 Å². The lowest BCUT2D eigenvalue weighted by Gasteiger charge is -2.23. The van der Waals surface area contributed by atoms with Crippen LogP contribution in [0.1, 0.15) is 28.8 Å². The summed E-state index contributed by atoms with van der Waals surface area (Å²) >= 11 is 3.44. The zero-order chi connectivity index (χ0) is 12.3. The minimum absolute atomic E-state index is 0.0661. The van der Waals surface area contributed by atoms with Gasteiger partial charge in [0.1, 0.15) is 0 Å². The zero-order valence-electron chi connectivity index (χ0n) is 9.40. The number of nitrogens with zero attached hydrogens (tertiary/aromatic N) is 2. The molecule has 0 aromatic heterocycles. The van der Waals surface area contributed by atoms with Crippen LogP contribution in [0, 0.1) is 11.3 Å². The smallest absolute Gasteiger partial charge is 0.254 e. The fraction of sp³-hybridized carbons (Fsp3) is 0.385. The Kier molecular flexibility index (Phi) is 3.80. The van der Waals surface area contributed by atoms with Crippen LogP contribution in [0.15, 0.2) is 24.3 Å². The van der Waals surface area contributed by atoms with Crippen LogP contribution in [0.25, 0.3) is 0 Å². The molecule has 3 nitrogen and oxygen atoms in total. The summed E-state index contributed by atoms with van der Waals surface area (Å²) in [5, 5.41) is 9.54. The first-order chi connectivity index (χ1) is 8.26. The fourth-order valence-electron chi connectivity index (χ4n) is 2.12. The van der Waals surface area contributed by atoms with Gasteiger partial charge < -0.3 is 4.90 Å². The SMILES string of the molecule is N#Cc1ccc(C(=O)N2CCCC2CBr)cc1. The van der Waals surface area contributed by atoms with Crippen molar-refractivity contribution in [2.45, 2.75) is 18.9 Å². The Labute approximate surface area is 109 Å². The Balaban J connectivity index is 2.16. The van der Waals surface area contributed by atoms with E-state index < -0.39 is 0 Å². The first kappa shape index (κ1) is 12.1. The highest BCUT2D eigenvalue weighted by atomic mass is 79.9. The van der Waals surface area contributed by atoms with E-state index >= 15 is 0 Å². The van der Waals surface area contributed by atoms with Crippen LogP contribution in [-0.2, 0) is 0 Å². The Bertz CT molecular complexity index is 449. The van der Waals surface area contributed by atoms with Crippen molar-refractivity contribution < 1.29 is 4.79 Å². The van der Waals surface area contributed by atoms with Gasteiger partial charge in [0.25, 0.3) is 5.91 Å². The molecule has 0 radical (unpaired) electrons. The Hall–Kier alpha value is -1.34. The summed E-state index contributed by atoms with van der Waals surface area (Å²) in [6.45, 7) is 0.828. The van der Waals surface area contributed by atoms with Crippen LogP contribution in [-0.4, -0.2) is 28.7 Å². The van der Waals surface area contributed by atoms with Crippen molar-refractivity contribution in [3.05, 3.63) is 35.4 Å². The third-order valence-electron chi connectivity index (χ3n) is 3.08. The summed E-state index contributed by atoms with van der Waals surface area (Å²) in [6, 6.07) is 9.18. The van der Waals surface area contributed by atoms with Crippen LogP contribution in [0.2, 0.25) is 0 Å². The summed E-state index contributed by atoms with van der Waals surface area (Å²) in [5.41, 5.74) is 1.25. The summed E-state index contributed by atoms with van der Waals surface area (Å²) in [7, 11) is 0. The normalized spacial score (nSPS) is 19.1. The number of alkyl halides is 1. The van der Waals surface area contributed by atoms with E-state index in [1.165, 1.54) is 0 Å². The standard InChI is InChI=1S/C13H13BrN2O/c14-8-12-2-1-7-16(12)13(17)11-5-3-10(9-15)4-6-11/h3-6,12H,1-2,7-8H2. The van der Waals surface area contributed by atoms with E-state index in [9.17, 15) is 4.79 Å². The average molecular weight is 293 g/mol. The summed E-state index contributed by atoms with van der Waals surface area (Å²) in [6.07, 6.45) is 2.13. The molecule has 0 bridgehead atoms. The maximum Gasteiger partial charge on any atom is 0.254 e. The number of rotatable bonds is 2. The molecule has 4 heteroatoms. The number of benzene rings is 1. The van der Waals surface area contributed by atoms with Crippen LogP contribution >= 0.6 is 15.9 Å². The lowest BCUT2D eigenvalue weighted by molar-refractivity contribution is 0.0750. The molecular formula is C13H13BrN2O. The lowest BCUT2D eigenvalue weighted by atomic mass is 10.1. The molecule has 0 aliphatic carbocycles. The third-order valence-corrected chi connectivity index (χ3v) is 3.82. The molecule has 0 spiro atoms. The molecule has 17 heavy (non-hydrogen) atoms. The van der Waals surface area contributed by atoms with Crippen LogP contribution < -0.4 is 0 Å². The number of hydrogen-bond donors (Lipinski definition) is 0. The average Bonchev–Trinajstić information content (AvgIpc) is 2.86. The molecule has 0 N–H and O–H groups in total. The highest BCUT2D eigenvalue weighted by molar-refractivity contribution is 9.09. The van der Waals surface area contributed by atoms with Crippen LogP contribution in [0.4, 0.5) is 0 Å². The van der Waals surface area contributed by atoms with Crippen molar-refractivity contribution >= 4 is 21.8 Å². The van der Waals surface area contributed by atoms with Crippen molar-refractivity contribution in [2.75, 3.05) is 11.9 Å². The van der Waals surface area contributed by atoms with Crippen molar-refractivity contribution in [2.24, 2.45) is 0 Å². The molecule has 1 fully saturated rings. The highest BCUT2D eigenvalue weighted by Gasteiger charge is 2.28. The van der Waals surface area contributed by atoms with E-state index in [1.807, 2.05) is 4.90 Å². The Morgan fingerprint density at radius 1 is 1.47 bits per heavy atom. The summed E-state index contributed by atoms with van der Waals surface area (Å²) < 4.78 is 0. The molecule has 1 aromatic carbocycles. The van der Waals surface area contributed by atoms with Crippen molar-refractivity contribution in [3.63, 3.8) is 0 Å². The largest absolute Gasteiger partial charge is 0.335 e. The van der Waals surface area contributed by atoms with Crippen LogP contribution in [0.5, 0.6) is 0 Å². The second-order valence-corrected chi connectivity index (χ2v) is 4.79. The maximum absolute atomic E-state index is 12.2. The van der Waals surface area contributed by atoms with E-state index in [4.69, 9.17) is 5.26 Å². The number of amides is 1. The third kappa shape index (κ3) is 2.50. The molecular weight excluding hydrogens is 280 g/mol. The minimum atomic E-state index is 0.0661. The zero-order valence-corrected chi connectivity index (χ0v) is 11.0. The molecule has 1 aliphatic heterocycles. The maximum atomic E-state index is 12.2. The van der Waals surface area contributed by atoms with Gasteiger partial charge in [-0.3, -0.25) is 4.79 Å². The lowest BCUT2D eigenvalue weighted by Crippen LogP contribution is -2.36. The predicted molar refractivity (Wildman–Crippen MR) is 69.0 cm³/mol. The fourth-order valence-corrected chi connectivity index (χ4v) is 2.79. The monoisotopic (exact) mass is 292 g/mol. The molecule has 1 aromatic rings. The van der Waals surface area contributed by atoms with Gasteiger partial charge in [0.2, 0.25) is 0 Å². The Morgan fingerprint density at radius 3 is 2.76 bits per heavy atom. The molecule has 1 aliphatic rings. The Morgan fingerprint density at radius 2 is 2.18 bits per heavy atom. The van der Waals surface area contributed by atoms with Gasteiger partial charge in [0, 0.05) is 23.5 Å². The highest BCUT2D eigenvalue weighted by Crippen LogP contribution is 2.21. The van der Waals surface area contributed by atoms with E-state index in [0.717, 1.165) is 24.7 Å². The number of carbonyl (C=O) groups excluding carboxylic acids is 1. The van der Waals surface area contributed by atoms with Crippen molar-refractivity contribution in [3.8, 4) is 6.07 Å². The van der Waals surface area contributed by atoms with Gasteiger partial charge in [-0.05, 0) is 37.1 Å². The second-order valence-electron chi connectivity index (χ2n) is 4.14. The molecule has 1 atom stereocenters. The van der Waals surface area contributed by atoms with Gasteiger partial charge >= 0.3 is 0 Å². The van der Waals surface area contributed by atoms with E-state index in [1.54, 1.807) is 24.3 Å². The molecule has 88 valence electrons. The van der Waals surface area contributed by atoms with E-state index in [2.05, 4.69) is 22.0 Å². The summed E-state index contributed by atoms with van der Waals surface area (Å²) in [5.74, 6) is 0.0661. The molecule has 0 saturated carbocycles. The number of likely N-dealkylation sites (tertiary alicyclic amines) is 1. The number of carbonyl (C=O) groups is 1. The first-order valence-electron chi connectivity index (χ1n) is 5.63. The van der Waals surface area contributed by atoms with E-state index in [0.29, 0.717) is 17.2 Å². The van der Waals surface area contributed by atoms with Gasteiger partial charge in [0.15, 0.2) is 0 Å². The molecule has 1 saturated heterocycles. The molecule has 1 unspecified atom stereocenters. The number of halogens is 1. The number of hydrogen-bond acceptors (Lipinski definition) is 2.